The highest BCUT2D eigenvalue weighted by molar-refractivity contribution is 7.10. The number of rotatable bonds is 12. The lowest BCUT2D eigenvalue weighted by molar-refractivity contribution is -0.324. The molecule has 1 aromatic heterocycles. The van der Waals surface area contributed by atoms with Crippen LogP contribution in [0.15, 0.2) is 53.9 Å². The summed E-state index contributed by atoms with van der Waals surface area (Å²) in [5, 5.41) is 52.8. The van der Waals surface area contributed by atoms with E-state index in [0.29, 0.717) is 17.5 Å². The number of nitrogens with zero attached hydrogens (tertiary/aromatic N) is 2. The Morgan fingerprint density at radius 1 is 0.671 bits per heavy atom. The number of piperidine rings is 2. The van der Waals surface area contributed by atoms with Gasteiger partial charge in [-0.3, -0.25) is 9.80 Å². The van der Waals surface area contributed by atoms with Crippen LogP contribution in [0.2, 0.25) is 0 Å². The Kier molecular flexibility index (Phi) is 8.92. The maximum Gasteiger partial charge on any atom is 0.166 e. The summed E-state index contributed by atoms with van der Waals surface area (Å²) in [6.45, 7) is 8.75. The van der Waals surface area contributed by atoms with E-state index in [1.165, 1.54) is 47.9 Å². The molecule has 2 saturated heterocycles. The third-order valence-electron chi connectivity index (χ3n) is 24.1. The van der Waals surface area contributed by atoms with Crippen molar-refractivity contribution in [2.75, 3.05) is 47.5 Å². The summed E-state index contributed by atoms with van der Waals surface area (Å²) < 4.78 is 34.2. The summed E-state index contributed by atoms with van der Waals surface area (Å²) in [5.74, 6) is 3.86. The maximum atomic E-state index is 13.4. The number of aliphatic hydroxyl groups is 2. The number of likely N-dealkylation sites (tertiary alicyclic amines) is 2. The molecule has 14 aliphatic rings. The lowest BCUT2D eigenvalue weighted by atomic mass is 9.31. The van der Waals surface area contributed by atoms with E-state index in [9.17, 15) is 20.4 Å². The second kappa shape index (κ2) is 14.4. The molecule has 0 amide bonds. The van der Waals surface area contributed by atoms with Gasteiger partial charge in [0.2, 0.25) is 0 Å². The first-order valence-corrected chi connectivity index (χ1v) is 28.9. The van der Waals surface area contributed by atoms with Gasteiger partial charge in [0.15, 0.2) is 23.0 Å². The Hall–Kier alpha value is -3.88. The van der Waals surface area contributed by atoms with Gasteiger partial charge in [-0.2, -0.15) is 0 Å². The molecule has 0 radical (unpaired) electrons. The monoisotopic (exact) mass is 1010 g/mol. The summed E-state index contributed by atoms with van der Waals surface area (Å²) in [6, 6.07) is 16.8. The zero-order chi connectivity index (χ0) is 49.6. The number of phenolic OH excluding ortho intramolecular Hbond substituents is 2. The minimum absolute atomic E-state index is 0.161. The Balaban J connectivity index is 0.799. The molecule has 8 saturated carbocycles. The van der Waals surface area contributed by atoms with E-state index < -0.39 is 40.3 Å². The van der Waals surface area contributed by atoms with Gasteiger partial charge in [0.05, 0.1) is 19.3 Å². The van der Waals surface area contributed by atoms with Crippen molar-refractivity contribution in [1.82, 2.24) is 9.80 Å². The van der Waals surface area contributed by atoms with Gasteiger partial charge in [-0.15, -0.1) is 11.3 Å². The van der Waals surface area contributed by atoms with Crippen LogP contribution in [-0.2, 0) is 33.1 Å². The zero-order valence-corrected chi connectivity index (χ0v) is 44.0. The quantitative estimate of drug-likeness (QED) is 0.108. The highest BCUT2D eigenvalue weighted by Gasteiger charge is 2.86. The number of ether oxygens (including phenoxy) is 5. The minimum atomic E-state index is -0.879. The lowest BCUT2D eigenvalue weighted by Gasteiger charge is -2.76. The van der Waals surface area contributed by atoms with Crippen molar-refractivity contribution in [3.05, 3.63) is 86.6 Å². The number of hydrogen-bond donors (Lipinski definition) is 4. The van der Waals surface area contributed by atoms with Crippen LogP contribution >= 0.6 is 11.3 Å². The molecule has 4 aromatic rings. The van der Waals surface area contributed by atoms with Crippen LogP contribution < -0.4 is 14.2 Å². The zero-order valence-electron chi connectivity index (χ0n) is 43.2. The normalized spacial score (nSPS) is 42.5. The van der Waals surface area contributed by atoms with Crippen molar-refractivity contribution in [2.24, 2.45) is 33.5 Å². The molecular weight excluding hydrogens is 937 g/mol. The molecule has 12 heteroatoms. The summed E-state index contributed by atoms with van der Waals surface area (Å²) in [7, 11) is 5.32. The summed E-state index contributed by atoms with van der Waals surface area (Å²) >= 11 is 1.57. The first-order chi connectivity index (χ1) is 35.2. The molecule has 10 fully saturated rings. The highest BCUT2D eigenvalue weighted by Crippen LogP contribution is 2.83. The van der Waals surface area contributed by atoms with Crippen molar-refractivity contribution < 1.29 is 44.1 Å². The molecule has 0 unspecified atom stereocenters. The van der Waals surface area contributed by atoms with Crippen LogP contribution in [0.1, 0.15) is 136 Å². The van der Waals surface area contributed by atoms with Crippen LogP contribution in [0.5, 0.6) is 28.7 Å². The predicted molar refractivity (Wildman–Crippen MR) is 276 cm³/mol. The van der Waals surface area contributed by atoms with Crippen LogP contribution in [0.4, 0.5) is 0 Å². The molecule has 10 aliphatic carbocycles. The molecule has 73 heavy (non-hydrogen) atoms. The topological polar surface area (TPSA) is 134 Å². The summed E-state index contributed by atoms with van der Waals surface area (Å²) in [4.78, 5) is 6.50. The Morgan fingerprint density at radius 2 is 1.23 bits per heavy atom. The molecule has 14 atom stereocenters. The van der Waals surface area contributed by atoms with Gasteiger partial charge < -0.3 is 44.1 Å². The van der Waals surface area contributed by atoms with Gasteiger partial charge >= 0.3 is 0 Å². The largest absolute Gasteiger partial charge is 0.504 e. The van der Waals surface area contributed by atoms with Crippen LogP contribution in [0.3, 0.4) is 0 Å². The molecule has 4 spiro atoms. The van der Waals surface area contributed by atoms with Gasteiger partial charge in [-0.25, -0.2) is 0 Å². The number of methoxy groups -OCH3 is 3. The van der Waals surface area contributed by atoms with Gasteiger partial charge in [0.1, 0.15) is 29.2 Å². The number of fused-ring (bicyclic) bond motifs is 4. The SMILES string of the molecule is COc1ccc([C@@H](O)[C@@]2(C)C[C@@]34CC[C@]2(OC)[C@@H]2Oc5c(O)c(-c6csc([C@@H](O)[C@@]7(C)C[C@@]89CC[C@]7(OC)[C@@H]7Oc%10c(O)ccc%11c%10[C@@]78CCN(CC7CC7)[C@@H]9C%11)c6)cc6c5[C@@]23CCN(CC2CC2)[C@@H]4C6)cc1. The number of phenols is 2. The summed E-state index contributed by atoms with van der Waals surface area (Å²) in [6.07, 6.45) is 11.5. The van der Waals surface area contributed by atoms with Crippen molar-refractivity contribution in [3.8, 4) is 39.9 Å². The van der Waals surface area contributed by atoms with Crippen molar-refractivity contribution in [1.29, 1.82) is 0 Å². The average Bonchev–Trinajstić information content (AvgIpc) is 4.34. The minimum Gasteiger partial charge on any atom is -0.504 e. The standard InChI is InChI=1S/C61H72N2O9S/c1-54(50(66)35-10-13-39(68-3)14-11-35)31-56-16-18-60(54,69-4)53-59(56)21-23-63(29-34-8-9-34)44(56)27-37-24-40(47(65)49(72-53)46(37)59)38-25-42(73-30-38)51(67)55(2)32-57-17-19-61(55,70-5)52-58(57)20-22-62(28-33-6-7-33)43(57)26-36-12-15-41(64)48(71-52)45(36)58/h10-15,24-25,30,33-34,43-44,50-53,64-67H,6-9,16-23,26-29,31-32H2,1-5H3/t43-,44-,50-,51-,52-,53-,54-,55-,56-,57-,58+,59+,60+,61+/m1/s1. The van der Waals surface area contributed by atoms with E-state index in [2.05, 4.69) is 47.2 Å². The second-order valence-corrected chi connectivity index (χ2v) is 27.3. The van der Waals surface area contributed by atoms with Crippen molar-refractivity contribution in [3.63, 3.8) is 0 Å². The third-order valence-corrected chi connectivity index (χ3v) is 25.1. The number of benzene rings is 3. The predicted octanol–water partition coefficient (Wildman–Crippen LogP) is 9.53. The van der Waals surface area contributed by atoms with Crippen molar-refractivity contribution in [2.45, 2.75) is 162 Å². The van der Waals surface area contributed by atoms with E-state index in [1.54, 1.807) is 18.4 Å². The molecule has 3 aromatic carbocycles. The van der Waals surface area contributed by atoms with E-state index in [4.69, 9.17) is 23.7 Å². The molecular formula is C61H72N2O9S. The summed E-state index contributed by atoms with van der Waals surface area (Å²) in [5.41, 5.74) is 3.30. The van der Waals surface area contributed by atoms with E-state index in [1.807, 2.05) is 44.6 Å². The Morgan fingerprint density at radius 3 is 1.81 bits per heavy atom. The number of aromatic hydroxyl groups is 2. The smallest absolute Gasteiger partial charge is 0.166 e. The fourth-order valence-electron chi connectivity index (χ4n) is 20.8. The fraction of sp³-hybridized carbons (Fsp3) is 0.639. The fourth-order valence-corrected chi connectivity index (χ4v) is 21.9. The van der Waals surface area contributed by atoms with Gasteiger partial charge in [-0.05, 0) is 173 Å². The highest BCUT2D eigenvalue weighted by atomic mass is 32.1. The van der Waals surface area contributed by atoms with Gasteiger partial charge in [0, 0.05) is 93.5 Å². The van der Waals surface area contributed by atoms with Crippen molar-refractivity contribution >= 4 is 11.3 Å². The molecule has 11 nitrogen and oxygen atoms in total. The third kappa shape index (κ3) is 5.00. The molecule has 386 valence electrons. The van der Waals surface area contributed by atoms with Gasteiger partial charge in [0.25, 0.3) is 0 Å². The maximum absolute atomic E-state index is 13.4. The van der Waals surface area contributed by atoms with E-state index >= 15 is 0 Å². The van der Waals surface area contributed by atoms with Gasteiger partial charge in [-0.1, -0.05) is 32.0 Å². The average molecular weight is 1010 g/mol. The van der Waals surface area contributed by atoms with E-state index in [0.717, 1.165) is 130 Å². The van der Waals surface area contributed by atoms with Crippen LogP contribution in [0.25, 0.3) is 11.1 Å². The van der Waals surface area contributed by atoms with Crippen LogP contribution in [-0.4, -0.2) is 113 Å². The lowest BCUT2D eigenvalue weighted by Crippen LogP contribution is -2.83. The van der Waals surface area contributed by atoms with Crippen LogP contribution in [0, 0.1) is 33.5 Å². The first-order valence-electron chi connectivity index (χ1n) is 28.0. The Labute approximate surface area is 433 Å². The molecule has 4 N–H and O–H groups in total. The molecule has 5 heterocycles. The van der Waals surface area contributed by atoms with E-state index in [-0.39, 0.29) is 45.3 Å². The molecule has 18 rings (SSSR count). The molecule has 8 bridgehead atoms. The Bertz CT molecular complexity index is 3030. The number of hydrogen-bond acceptors (Lipinski definition) is 12. The first kappa shape index (κ1) is 45.3. The number of aliphatic hydroxyl groups excluding tert-OH is 2. The second-order valence-electron chi connectivity index (χ2n) is 26.3. The molecule has 4 aliphatic heterocycles. The number of thiophene rings is 1.